The number of amides is 2. The fourth-order valence-electron chi connectivity index (χ4n) is 2.77. The average molecular weight is 363 g/mol. The third-order valence-corrected chi connectivity index (χ3v) is 5.07. The number of nitrogens with zero attached hydrogens (tertiary/aromatic N) is 4. The van der Waals surface area contributed by atoms with Gasteiger partial charge in [0.1, 0.15) is 0 Å². The van der Waals surface area contributed by atoms with E-state index in [1.165, 1.54) is 0 Å². The summed E-state index contributed by atoms with van der Waals surface area (Å²) in [7, 11) is 0. The summed E-state index contributed by atoms with van der Waals surface area (Å²) in [5.41, 5.74) is 5.27. The van der Waals surface area contributed by atoms with E-state index in [4.69, 9.17) is 10.2 Å². The van der Waals surface area contributed by atoms with Crippen LogP contribution in [-0.4, -0.2) is 50.3 Å². The van der Waals surface area contributed by atoms with E-state index in [-0.39, 0.29) is 18.2 Å². The van der Waals surface area contributed by atoms with Gasteiger partial charge in [0.2, 0.25) is 11.8 Å². The molecule has 2 N–H and O–H groups in total. The monoisotopic (exact) mass is 363 g/mol. The van der Waals surface area contributed by atoms with Gasteiger partial charge in [0, 0.05) is 38.2 Å². The summed E-state index contributed by atoms with van der Waals surface area (Å²) in [4.78, 5) is 24.7. The molecule has 0 unspecified atom stereocenters. The van der Waals surface area contributed by atoms with E-state index in [0.29, 0.717) is 24.6 Å². The molecule has 0 saturated carbocycles. The zero-order chi connectivity index (χ0) is 17.6. The highest BCUT2D eigenvalue weighted by atomic mass is 32.2. The quantitative estimate of drug-likeness (QED) is 0.535. The van der Waals surface area contributed by atoms with Crippen molar-refractivity contribution in [2.24, 2.45) is 5.73 Å². The molecule has 8 nitrogen and oxygen atoms in total. The number of likely N-dealkylation sites (tertiary alicyclic amines) is 1. The maximum atomic E-state index is 11.6. The molecule has 0 aliphatic carbocycles. The molecule has 134 valence electrons. The Hall–Kier alpha value is -2.29. The van der Waals surface area contributed by atoms with Gasteiger partial charge < -0.3 is 15.1 Å². The highest BCUT2D eigenvalue weighted by Crippen LogP contribution is 2.25. The molecule has 0 aromatic carbocycles. The predicted octanol–water partition coefficient (Wildman–Crippen LogP) is 1.52. The van der Waals surface area contributed by atoms with Crippen molar-refractivity contribution in [1.29, 1.82) is 0 Å². The summed E-state index contributed by atoms with van der Waals surface area (Å²) in [6.07, 6.45) is 4.29. The number of hydrogen-bond donors (Lipinski definition) is 1. The predicted molar refractivity (Wildman–Crippen MR) is 92.7 cm³/mol. The molecule has 2 amide bonds. The number of hydrogen-bond acceptors (Lipinski definition) is 6. The first-order valence-electron chi connectivity index (χ1n) is 8.31. The van der Waals surface area contributed by atoms with Gasteiger partial charge >= 0.3 is 0 Å². The lowest BCUT2D eigenvalue weighted by Gasteiger charge is -2.14. The van der Waals surface area contributed by atoms with Gasteiger partial charge in [-0.05, 0) is 25.0 Å². The van der Waals surface area contributed by atoms with Crippen molar-refractivity contribution in [3.05, 3.63) is 18.4 Å². The zero-order valence-electron chi connectivity index (χ0n) is 13.9. The molecule has 2 aromatic heterocycles. The van der Waals surface area contributed by atoms with Crippen molar-refractivity contribution in [2.45, 2.75) is 37.4 Å². The van der Waals surface area contributed by atoms with Gasteiger partial charge in [-0.2, -0.15) is 0 Å². The molecule has 3 rings (SSSR count). The Morgan fingerprint density at radius 1 is 1.36 bits per heavy atom. The number of primary amides is 1. The molecule has 0 spiro atoms. The van der Waals surface area contributed by atoms with Crippen LogP contribution >= 0.6 is 11.8 Å². The van der Waals surface area contributed by atoms with E-state index in [1.54, 1.807) is 30.2 Å². The first-order valence-corrected chi connectivity index (χ1v) is 9.29. The van der Waals surface area contributed by atoms with Gasteiger partial charge in [0.05, 0.1) is 6.26 Å². The molecule has 1 aliphatic heterocycles. The second-order valence-electron chi connectivity index (χ2n) is 5.84. The summed E-state index contributed by atoms with van der Waals surface area (Å²) >= 11 is 1.56. The van der Waals surface area contributed by atoms with Crippen LogP contribution in [-0.2, 0) is 16.1 Å². The lowest BCUT2D eigenvalue weighted by atomic mass is 10.3. The smallest absolute Gasteiger partial charge is 0.222 e. The van der Waals surface area contributed by atoms with Crippen molar-refractivity contribution >= 4 is 23.6 Å². The molecule has 9 heteroatoms. The summed E-state index contributed by atoms with van der Waals surface area (Å²) in [6.45, 7) is 2.04. The van der Waals surface area contributed by atoms with E-state index in [2.05, 4.69) is 10.2 Å². The van der Waals surface area contributed by atoms with E-state index < -0.39 is 0 Å². The molecular formula is C16H21N5O3S. The average Bonchev–Trinajstić information content (AvgIpc) is 3.31. The minimum Gasteiger partial charge on any atom is -0.461 e. The number of carbonyl (C=O) groups excluding carboxylic acids is 2. The summed E-state index contributed by atoms with van der Waals surface area (Å²) in [6, 6.07) is 3.58. The summed E-state index contributed by atoms with van der Waals surface area (Å²) < 4.78 is 7.25. The van der Waals surface area contributed by atoms with E-state index in [0.717, 1.165) is 36.8 Å². The van der Waals surface area contributed by atoms with E-state index in [1.807, 2.05) is 9.47 Å². The fraction of sp³-hybridized carbons (Fsp3) is 0.500. The molecule has 0 bridgehead atoms. The number of nitrogens with two attached hydrogens (primary N) is 1. The van der Waals surface area contributed by atoms with E-state index >= 15 is 0 Å². The number of rotatable bonds is 9. The molecule has 1 aliphatic rings. The normalized spacial score (nSPS) is 14.4. The van der Waals surface area contributed by atoms with Crippen molar-refractivity contribution in [1.82, 2.24) is 19.7 Å². The molecule has 0 radical (unpaired) electrons. The van der Waals surface area contributed by atoms with Gasteiger partial charge in [-0.1, -0.05) is 11.8 Å². The highest BCUT2D eigenvalue weighted by Gasteiger charge is 2.20. The number of furan rings is 1. The first-order chi connectivity index (χ1) is 12.1. The summed E-state index contributed by atoms with van der Waals surface area (Å²) in [5, 5.41) is 9.13. The van der Waals surface area contributed by atoms with Crippen molar-refractivity contribution in [3.63, 3.8) is 0 Å². The van der Waals surface area contributed by atoms with Crippen molar-refractivity contribution in [2.75, 3.05) is 18.8 Å². The molecule has 25 heavy (non-hydrogen) atoms. The Morgan fingerprint density at radius 2 is 2.24 bits per heavy atom. The maximum absolute atomic E-state index is 11.6. The van der Waals surface area contributed by atoms with Crippen LogP contribution in [0.3, 0.4) is 0 Å². The third kappa shape index (κ3) is 4.41. The number of thioether (sulfide) groups is 1. The Labute approximate surface area is 149 Å². The minimum absolute atomic E-state index is 0.210. The summed E-state index contributed by atoms with van der Waals surface area (Å²) in [5.74, 6) is 1.88. The zero-order valence-corrected chi connectivity index (χ0v) is 14.7. The first kappa shape index (κ1) is 17.5. The largest absolute Gasteiger partial charge is 0.461 e. The molecule has 0 atom stereocenters. The van der Waals surface area contributed by atoms with Gasteiger partial charge in [0.25, 0.3) is 0 Å². The SMILES string of the molecule is NC(=O)CCn1c(SCCCN2CCCC2=O)nnc1-c1ccco1. The van der Waals surface area contributed by atoms with Gasteiger partial charge in [-0.3, -0.25) is 14.2 Å². The fourth-order valence-corrected chi connectivity index (χ4v) is 3.65. The van der Waals surface area contributed by atoms with Gasteiger partial charge in [0.15, 0.2) is 16.7 Å². The van der Waals surface area contributed by atoms with Crippen LogP contribution in [0.25, 0.3) is 11.6 Å². The lowest BCUT2D eigenvalue weighted by Crippen LogP contribution is -2.25. The van der Waals surface area contributed by atoms with Crippen LogP contribution in [0.2, 0.25) is 0 Å². The topological polar surface area (TPSA) is 107 Å². The highest BCUT2D eigenvalue weighted by molar-refractivity contribution is 7.99. The standard InChI is InChI=1S/C16H21N5O3S/c17-13(22)6-9-21-15(12-4-2-10-24-12)18-19-16(21)25-11-3-8-20-7-1-5-14(20)23/h2,4,10H,1,3,5-9,11H2,(H2,17,22). The molecular weight excluding hydrogens is 342 g/mol. The molecule has 2 aromatic rings. The molecule has 3 heterocycles. The van der Waals surface area contributed by atoms with E-state index in [9.17, 15) is 9.59 Å². The van der Waals surface area contributed by atoms with Crippen LogP contribution in [0.4, 0.5) is 0 Å². The number of carbonyl (C=O) groups is 2. The van der Waals surface area contributed by atoms with Gasteiger partial charge in [-0.25, -0.2) is 0 Å². The maximum Gasteiger partial charge on any atom is 0.222 e. The Bertz CT molecular complexity index is 728. The molecule has 1 fully saturated rings. The van der Waals surface area contributed by atoms with Crippen LogP contribution in [0.1, 0.15) is 25.7 Å². The number of aromatic nitrogens is 3. The Morgan fingerprint density at radius 3 is 2.92 bits per heavy atom. The van der Waals surface area contributed by atoms with Crippen LogP contribution < -0.4 is 5.73 Å². The third-order valence-electron chi connectivity index (χ3n) is 4.02. The van der Waals surface area contributed by atoms with Crippen LogP contribution in [0.15, 0.2) is 28.0 Å². The van der Waals surface area contributed by atoms with Crippen LogP contribution in [0.5, 0.6) is 0 Å². The molecule has 1 saturated heterocycles. The lowest BCUT2D eigenvalue weighted by molar-refractivity contribution is -0.127. The van der Waals surface area contributed by atoms with Gasteiger partial charge in [-0.15, -0.1) is 10.2 Å². The van der Waals surface area contributed by atoms with Crippen LogP contribution in [0, 0.1) is 0 Å². The van der Waals surface area contributed by atoms with Crippen molar-refractivity contribution < 1.29 is 14.0 Å². The minimum atomic E-state index is -0.373. The second kappa shape index (κ2) is 8.19. The second-order valence-corrected chi connectivity index (χ2v) is 6.90. The Kier molecular flexibility index (Phi) is 5.75. The Balaban J connectivity index is 1.61. The van der Waals surface area contributed by atoms with Crippen molar-refractivity contribution in [3.8, 4) is 11.6 Å².